The second-order valence-electron chi connectivity index (χ2n) is 5.44. The summed E-state index contributed by atoms with van der Waals surface area (Å²) in [4.78, 5) is 24.6. The van der Waals surface area contributed by atoms with Crippen molar-refractivity contribution in [1.29, 1.82) is 0 Å². The van der Waals surface area contributed by atoms with Crippen LogP contribution >= 0.6 is 0 Å². The van der Waals surface area contributed by atoms with Crippen molar-refractivity contribution in [2.24, 2.45) is 5.92 Å². The molecule has 6 heteroatoms. The normalized spacial score (nSPS) is 22.2. The Balaban J connectivity index is 1.67. The van der Waals surface area contributed by atoms with Crippen LogP contribution in [-0.2, 0) is 11.3 Å². The highest BCUT2D eigenvalue weighted by Gasteiger charge is 2.22. The first-order chi connectivity index (χ1) is 9.63. The second kappa shape index (κ2) is 7.09. The Hall–Kier alpha value is -1.82. The third-order valence-electron chi connectivity index (χ3n) is 3.53. The lowest BCUT2D eigenvalue weighted by atomic mass is 10.0. The van der Waals surface area contributed by atoms with E-state index in [1.165, 1.54) is 11.3 Å². The number of quaternary nitrogens is 1. The van der Waals surface area contributed by atoms with Crippen LogP contribution in [0.3, 0.4) is 0 Å². The standard InChI is InChI=1S/C14H21N3O3/c1-11-4-2-6-17(9-11)10-13(18)16-14(19)15-8-12-5-3-7-20-12/h3,5,7,11H,2,4,6,8-10H2,1H3,(H2,15,16,18,19)/p+1/t11-/m1/s1. The molecule has 2 atom stereocenters. The van der Waals surface area contributed by atoms with Gasteiger partial charge in [-0.05, 0) is 25.0 Å². The molecule has 1 aromatic heterocycles. The minimum atomic E-state index is -0.476. The fraction of sp³-hybridized carbons (Fsp3) is 0.571. The van der Waals surface area contributed by atoms with Gasteiger partial charge in [0.15, 0.2) is 6.54 Å². The van der Waals surface area contributed by atoms with Crippen molar-refractivity contribution in [2.45, 2.75) is 26.3 Å². The van der Waals surface area contributed by atoms with Crippen LogP contribution in [0.2, 0.25) is 0 Å². The van der Waals surface area contributed by atoms with E-state index in [2.05, 4.69) is 17.6 Å². The third kappa shape index (κ3) is 4.70. The van der Waals surface area contributed by atoms with Crippen LogP contribution in [0.4, 0.5) is 4.79 Å². The van der Waals surface area contributed by atoms with Crippen LogP contribution in [0.1, 0.15) is 25.5 Å². The first-order valence-electron chi connectivity index (χ1n) is 7.07. The summed E-state index contributed by atoms with van der Waals surface area (Å²) < 4.78 is 5.09. The molecular weight excluding hydrogens is 258 g/mol. The summed E-state index contributed by atoms with van der Waals surface area (Å²) in [5.41, 5.74) is 0. The second-order valence-corrected chi connectivity index (χ2v) is 5.44. The molecule has 1 unspecified atom stereocenters. The molecule has 20 heavy (non-hydrogen) atoms. The molecule has 1 aliphatic heterocycles. The van der Waals surface area contributed by atoms with Crippen LogP contribution in [0.5, 0.6) is 0 Å². The van der Waals surface area contributed by atoms with E-state index in [0.717, 1.165) is 19.5 Å². The van der Waals surface area contributed by atoms with Gasteiger partial charge in [0.1, 0.15) is 5.76 Å². The number of furan rings is 1. The quantitative estimate of drug-likeness (QED) is 0.722. The number of hydrogen-bond acceptors (Lipinski definition) is 3. The summed E-state index contributed by atoms with van der Waals surface area (Å²) in [7, 11) is 0. The number of piperidine rings is 1. The highest BCUT2D eigenvalue weighted by Crippen LogP contribution is 2.04. The molecule has 0 spiro atoms. The number of urea groups is 1. The summed E-state index contributed by atoms with van der Waals surface area (Å²) in [6.07, 6.45) is 3.92. The van der Waals surface area contributed by atoms with Crippen molar-refractivity contribution in [2.75, 3.05) is 19.6 Å². The van der Waals surface area contributed by atoms with Gasteiger partial charge in [0.25, 0.3) is 5.91 Å². The highest BCUT2D eigenvalue weighted by atomic mass is 16.3. The molecular formula is C14H22N3O3+. The molecule has 1 aromatic rings. The van der Waals surface area contributed by atoms with Gasteiger partial charge in [-0.2, -0.15) is 0 Å². The van der Waals surface area contributed by atoms with Crippen molar-refractivity contribution in [3.63, 3.8) is 0 Å². The minimum absolute atomic E-state index is 0.231. The fourth-order valence-electron chi connectivity index (χ4n) is 2.58. The van der Waals surface area contributed by atoms with Gasteiger partial charge < -0.3 is 14.6 Å². The summed E-state index contributed by atoms with van der Waals surface area (Å²) in [5, 5.41) is 4.94. The van der Waals surface area contributed by atoms with Gasteiger partial charge in [0.05, 0.1) is 25.9 Å². The number of carbonyl (C=O) groups is 2. The van der Waals surface area contributed by atoms with E-state index in [9.17, 15) is 9.59 Å². The molecule has 0 aliphatic carbocycles. The Morgan fingerprint density at radius 1 is 1.50 bits per heavy atom. The lowest BCUT2D eigenvalue weighted by Gasteiger charge is -2.27. The summed E-state index contributed by atoms with van der Waals surface area (Å²) in [6, 6.07) is 3.04. The maximum Gasteiger partial charge on any atom is 0.321 e. The molecule has 0 radical (unpaired) electrons. The molecule has 0 saturated carbocycles. The van der Waals surface area contributed by atoms with Crippen molar-refractivity contribution in [1.82, 2.24) is 10.6 Å². The van der Waals surface area contributed by atoms with E-state index < -0.39 is 6.03 Å². The van der Waals surface area contributed by atoms with E-state index in [1.807, 2.05) is 0 Å². The highest BCUT2D eigenvalue weighted by molar-refractivity contribution is 5.94. The van der Waals surface area contributed by atoms with Gasteiger partial charge >= 0.3 is 6.03 Å². The summed E-state index contributed by atoms with van der Waals surface area (Å²) in [6.45, 7) is 4.85. The zero-order valence-electron chi connectivity index (χ0n) is 11.8. The van der Waals surface area contributed by atoms with Crippen molar-refractivity contribution in [3.8, 4) is 0 Å². The Morgan fingerprint density at radius 3 is 3.05 bits per heavy atom. The largest absolute Gasteiger partial charge is 0.467 e. The van der Waals surface area contributed by atoms with E-state index in [1.54, 1.807) is 18.4 Å². The number of carbonyl (C=O) groups excluding carboxylic acids is 2. The van der Waals surface area contributed by atoms with Crippen LogP contribution in [0.25, 0.3) is 0 Å². The number of hydrogen-bond donors (Lipinski definition) is 3. The van der Waals surface area contributed by atoms with Crippen molar-refractivity contribution in [3.05, 3.63) is 24.2 Å². The van der Waals surface area contributed by atoms with E-state index in [4.69, 9.17) is 4.42 Å². The molecule has 3 N–H and O–H groups in total. The van der Waals surface area contributed by atoms with Crippen molar-refractivity contribution < 1.29 is 18.9 Å². The molecule has 1 saturated heterocycles. The molecule has 2 rings (SSSR count). The molecule has 0 aromatic carbocycles. The Labute approximate surface area is 118 Å². The van der Waals surface area contributed by atoms with Crippen molar-refractivity contribution >= 4 is 11.9 Å². The number of amides is 3. The lowest BCUT2D eigenvalue weighted by Crippen LogP contribution is -3.14. The van der Waals surface area contributed by atoms with Gasteiger partial charge in [-0.15, -0.1) is 0 Å². The molecule has 6 nitrogen and oxygen atoms in total. The van der Waals surface area contributed by atoms with Gasteiger partial charge in [-0.25, -0.2) is 4.79 Å². The Kier molecular flexibility index (Phi) is 5.17. The average Bonchev–Trinajstić information content (AvgIpc) is 2.89. The van der Waals surface area contributed by atoms with Crippen LogP contribution in [-0.4, -0.2) is 31.6 Å². The maximum atomic E-state index is 11.8. The average molecular weight is 280 g/mol. The molecule has 2 heterocycles. The van der Waals surface area contributed by atoms with Crippen LogP contribution < -0.4 is 15.5 Å². The van der Waals surface area contributed by atoms with E-state index in [-0.39, 0.29) is 12.5 Å². The third-order valence-corrected chi connectivity index (χ3v) is 3.53. The number of likely N-dealkylation sites (tertiary alicyclic amines) is 1. The van der Waals surface area contributed by atoms with Crippen LogP contribution in [0.15, 0.2) is 22.8 Å². The van der Waals surface area contributed by atoms with Crippen LogP contribution in [0, 0.1) is 5.92 Å². The minimum Gasteiger partial charge on any atom is -0.467 e. The van der Waals surface area contributed by atoms with E-state index >= 15 is 0 Å². The Bertz CT molecular complexity index is 445. The topological polar surface area (TPSA) is 75.8 Å². The number of rotatable bonds is 4. The predicted molar refractivity (Wildman–Crippen MR) is 73.0 cm³/mol. The number of imide groups is 1. The summed E-state index contributed by atoms with van der Waals surface area (Å²) in [5.74, 6) is 1.08. The molecule has 3 amide bonds. The summed E-state index contributed by atoms with van der Waals surface area (Å²) >= 11 is 0. The van der Waals surface area contributed by atoms with Gasteiger partial charge in [0, 0.05) is 5.92 Å². The SMILES string of the molecule is C[C@@H]1CCC[NH+](CC(=O)NC(=O)NCc2ccco2)C1. The molecule has 1 aliphatic rings. The number of nitrogens with one attached hydrogen (secondary N) is 3. The lowest BCUT2D eigenvalue weighted by molar-refractivity contribution is -0.900. The smallest absolute Gasteiger partial charge is 0.321 e. The molecule has 1 fully saturated rings. The maximum absolute atomic E-state index is 11.8. The Morgan fingerprint density at radius 2 is 2.35 bits per heavy atom. The van der Waals surface area contributed by atoms with E-state index in [0.29, 0.717) is 18.2 Å². The predicted octanol–water partition coefficient (Wildman–Crippen LogP) is -0.0798. The molecule has 0 bridgehead atoms. The fourth-order valence-corrected chi connectivity index (χ4v) is 2.58. The van der Waals surface area contributed by atoms with Gasteiger partial charge in [0.2, 0.25) is 0 Å². The first-order valence-corrected chi connectivity index (χ1v) is 7.07. The first kappa shape index (κ1) is 14.6. The zero-order chi connectivity index (χ0) is 14.4. The van der Waals surface area contributed by atoms with Gasteiger partial charge in [-0.3, -0.25) is 10.1 Å². The van der Waals surface area contributed by atoms with Gasteiger partial charge in [-0.1, -0.05) is 6.92 Å². The monoisotopic (exact) mass is 280 g/mol. The zero-order valence-corrected chi connectivity index (χ0v) is 11.8. The molecule has 110 valence electrons.